The first-order valence-corrected chi connectivity index (χ1v) is 10.4. The van der Waals surface area contributed by atoms with E-state index in [1.807, 2.05) is 10.6 Å². The Morgan fingerprint density at radius 1 is 1.24 bits per heavy atom. The molecule has 0 amide bonds. The number of rotatable bonds is 7. The van der Waals surface area contributed by atoms with Crippen LogP contribution in [-0.4, -0.2) is 27.7 Å². The van der Waals surface area contributed by atoms with Gasteiger partial charge in [0, 0.05) is 22.4 Å². The number of aryl methyl sites for hydroxylation is 1. The average molecular weight is 431 g/mol. The Hall–Kier alpha value is -2.64. The minimum absolute atomic E-state index is 0.175. The van der Waals surface area contributed by atoms with Crippen LogP contribution >= 0.6 is 23.4 Å². The highest BCUT2D eigenvalue weighted by Crippen LogP contribution is 2.38. The van der Waals surface area contributed by atoms with Crippen LogP contribution in [0.25, 0.3) is 0 Å². The summed E-state index contributed by atoms with van der Waals surface area (Å²) in [7, 11) is 0. The molecular formula is C21H19ClN2O4S. The summed E-state index contributed by atoms with van der Waals surface area (Å²) in [6, 6.07) is 10.4. The highest BCUT2D eigenvalue weighted by atomic mass is 35.5. The van der Waals surface area contributed by atoms with Gasteiger partial charge < -0.3 is 19.1 Å². The molecule has 0 aliphatic carbocycles. The molecule has 0 saturated heterocycles. The number of aromatic hydroxyl groups is 1. The fourth-order valence-electron chi connectivity index (χ4n) is 3.15. The highest BCUT2D eigenvalue weighted by Gasteiger charge is 2.21. The van der Waals surface area contributed by atoms with Gasteiger partial charge in [-0.3, -0.25) is 4.79 Å². The zero-order valence-electron chi connectivity index (χ0n) is 15.7. The predicted octanol–water partition coefficient (Wildman–Crippen LogP) is 4.94. The Morgan fingerprint density at radius 2 is 1.97 bits per heavy atom. The van der Waals surface area contributed by atoms with Crippen molar-refractivity contribution in [2.45, 2.75) is 36.2 Å². The van der Waals surface area contributed by atoms with E-state index in [0.717, 1.165) is 35.4 Å². The topological polar surface area (TPSA) is 73.6 Å². The first-order valence-electron chi connectivity index (χ1n) is 9.18. The van der Waals surface area contributed by atoms with Crippen molar-refractivity contribution in [1.82, 2.24) is 9.55 Å². The summed E-state index contributed by atoms with van der Waals surface area (Å²) in [6.45, 7) is 2.65. The zero-order valence-corrected chi connectivity index (χ0v) is 17.3. The van der Waals surface area contributed by atoms with Crippen LogP contribution in [0.5, 0.6) is 17.2 Å². The molecule has 0 saturated carbocycles. The van der Waals surface area contributed by atoms with Gasteiger partial charge in [0.15, 0.2) is 17.8 Å². The standard InChI is InChI=1S/C21H19ClN2O4S/c1-2-3-20-23-21(29-15-6-4-14(26)5-7-15)17(11-25)24(20)10-13-8-18-19(9-16(13)22)28-12-27-18/h4-9,11,26H,2-3,10,12H2,1H3. The van der Waals surface area contributed by atoms with Gasteiger partial charge in [0.2, 0.25) is 6.79 Å². The second kappa shape index (κ2) is 8.39. The SMILES string of the molecule is CCCc1nc(Sc2ccc(O)cc2)c(C=O)n1Cc1cc2c(cc1Cl)OCO2. The second-order valence-corrected chi connectivity index (χ2v) is 8.03. The van der Waals surface area contributed by atoms with Gasteiger partial charge in [0.05, 0.1) is 6.54 Å². The molecular weight excluding hydrogens is 412 g/mol. The summed E-state index contributed by atoms with van der Waals surface area (Å²) in [5.41, 5.74) is 1.33. The fourth-order valence-corrected chi connectivity index (χ4v) is 4.27. The van der Waals surface area contributed by atoms with Crippen LogP contribution in [0.3, 0.4) is 0 Å². The molecule has 0 spiro atoms. The van der Waals surface area contributed by atoms with E-state index in [9.17, 15) is 9.90 Å². The predicted molar refractivity (Wildman–Crippen MR) is 111 cm³/mol. The number of aldehydes is 1. The van der Waals surface area contributed by atoms with Gasteiger partial charge in [0.25, 0.3) is 0 Å². The van der Waals surface area contributed by atoms with Crippen LogP contribution in [0.15, 0.2) is 46.3 Å². The molecule has 0 bridgehead atoms. The van der Waals surface area contributed by atoms with Crippen molar-refractivity contribution >= 4 is 29.6 Å². The number of phenolic OH excluding ortho intramolecular Hbond substituents is 1. The number of hydrogen-bond acceptors (Lipinski definition) is 6. The van der Waals surface area contributed by atoms with Gasteiger partial charge in [0.1, 0.15) is 22.3 Å². The normalized spacial score (nSPS) is 12.3. The molecule has 29 heavy (non-hydrogen) atoms. The number of halogens is 1. The summed E-state index contributed by atoms with van der Waals surface area (Å²) >= 11 is 7.84. The van der Waals surface area contributed by atoms with Gasteiger partial charge in [-0.15, -0.1) is 0 Å². The van der Waals surface area contributed by atoms with Crippen LogP contribution in [-0.2, 0) is 13.0 Å². The average Bonchev–Trinajstić information content (AvgIpc) is 3.28. The monoisotopic (exact) mass is 430 g/mol. The first-order chi connectivity index (χ1) is 14.1. The van der Waals surface area contributed by atoms with Gasteiger partial charge in [-0.1, -0.05) is 30.3 Å². The van der Waals surface area contributed by atoms with E-state index >= 15 is 0 Å². The van der Waals surface area contributed by atoms with Crippen LogP contribution in [0.2, 0.25) is 5.02 Å². The fraction of sp³-hybridized carbons (Fsp3) is 0.238. The molecule has 0 fully saturated rings. The van der Waals surface area contributed by atoms with E-state index in [1.165, 1.54) is 11.8 Å². The maximum Gasteiger partial charge on any atom is 0.231 e. The Balaban J connectivity index is 1.71. The quantitative estimate of drug-likeness (QED) is 0.535. The van der Waals surface area contributed by atoms with Crippen LogP contribution < -0.4 is 9.47 Å². The van der Waals surface area contributed by atoms with Crippen molar-refractivity contribution in [2.24, 2.45) is 0 Å². The molecule has 4 rings (SSSR count). The number of aromatic nitrogens is 2. The van der Waals surface area contributed by atoms with E-state index in [4.69, 9.17) is 26.1 Å². The maximum atomic E-state index is 12.0. The van der Waals surface area contributed by atoms with E-state index in [-0.39, 0.29) is 12.5 Å². The number of ether oxygens (including phenoxy) is 2. The van der Waals surface area contributed by atoms with Crippen molar-refractivity contribution < 1.29 is 19.4 Å². The molecule has 1 aliphatic heterocycles. The molecule has 2 heterocycles. The molecule has 6 nitrogen and oxygen atoms in total. The van der Waals surface area contributed by atoms with E-state index < -0.39 is 0 Å². The van der Waals surface area contributed by atoms with Crippen molar-refractivity contribution in [3.63, 3.8) is 0 Å². The lowest BCUT2D eigenvalue weighted by molar-refractivity contribution is 0.111. The highest BCUT2D eigenvalue weighted by molar-refractivity contribution is 7.99. The second-order valence-electron chi connectivity index (χ2n) is 6.57. The van der Waals surface area contributed by atoms with E-state index in [2.05, 4.69) is 6.92 Å². The molecule has 0 radical (unpaired) electrons. The van der Waals surface area contributed by atoms with Crippen LogP contribution in [0.4, 0.5) is 0 Å². The largest absolute Gasteiger partial charge is 0.508 e. The van der Waals surface area contributed by atoms with Gasteiger partial charge >= 0.3 is 0 Å². The van der Waals surface area contributed by atoms with Crippen molar-refractivity contribution in [2.75, 3.05) is 6.79 Å². The van der Waals surface area contributed by atoms with Crippen LogP contribution in [0.1, 0.15) is 35.2 Å². The van der Waals surface area contributed by atoms with Gasteiger partial charge in [-0.05, 0) is 42.3 Å². The lowest BCUT2D eigenvalue weighted by Crippen LogP contribution is -2.09. The third-order valence-electron chi connectivity index (χ3n) is 4.56. The minimum atomic E-state index is 0.175. The minimum Gasteiger partial charge on any atom is -0.508 e. The number of carbonyl (C=O) groups excluding carboxylic acids is 1. The first kappa shape index (κ1) is 19.7. The van der Waals surface area contributed by atoms with Crippen molar-refractivity contribution in [3.8, 4) is 17.2 Å². The lowest BCUT2D eigenvalue weighted by atomic mass is 10.2. The molecule has 8 heteroatoms. The third-order valence-corrected chi connectivity index (χ3v) is 5.91. The summed E-state index contributed by atoms with van der Waals surface area (Å²) < 4.78 is 12.7. The number of phenols is 1. The number of nitrogens with zero attached hydrogens (tertiary/aromatic N) is 2. The number of carbonyl (C=O) groups is 1. The summed E-state index contributed by atoms with van der Waals surface area (Å²) in [4.78, 5) is 17.6. The summed E-state index contributed by atoms with van der Waals surface area (Å²) in [6.07, 6.45) is 2.46. The third kappa shape index (κ3) is 4.06. The van der Waals surface area contributed by atoms with Gasteiger partial charge in [-0.2, -0.15) is 0 Å². The Bertz CT molecular complexity index is 1050. The van der Waals surface area contributed by atoms with E-state index in [1.54, 1.807) is 30.3 Å². The molecule has 3 aromatic rings. The smallest absolute Gasteiger partial charge is 0.231 e. The molecule has 0 unspecified atom stereocenters. The summed E-state index contributed by atoms with van der Waals surface area (Å²) in [5.74, 6) is 2.29. The molecule has 2 aromatic carbocycles. The maximum absolute atomic E-state index is 12.0. The van der Waals surface area contributed by atoms with Crippen molar-refractivity contribution in [1.29, 1.82) is 0 Å². The Kier molecular flexibility index (Phi) is 5.69. The molecule has 1 aliphatic rings. The summed E-state index contributed by atoms with van der Waals surface area (Å²) in [5, 5.41) is 10.7. The number of fused-ring (bicyclic) bond motifs is 1. The molecule has 1 aromatic heterocycles. The molecule has 1 N–H and O–H groups in total. The lowest BCUT2D eigenvalue weighted by Gasteiger charge is -2.11. The Morgan fingerprint density at radius 3 is 2.66 bits per heavy atom. The van der Waals surface area contributed by atoms with E-state index in [0.29, 0.717) is 33.8 Å². The van der Waals surface area contributed by atoms with Crippen LogP contribution in [0, 0.1) is 0 Å². The molecule has 150 valence electrons. The Labute approximate surface area is 177 Å². The van der Waals surface area contributed by atoms with Gasteiger partial charge in [-0.25, -0.2) is 4.98 Å². The number of hydrogen-bond donors (Lipinski definition) is 1. The number of benzene rings is 2. The molecule has 0 atom stereocenters. The zero-order chi connectivity index (χ0) is 20.4. The number of imidazole rings is 1. The van der Waals surface area contributed by atoms with Crippen molar-refractivity contribution in [3.05, 3.63) is 58.5 Å².